The van der Waals surface area contributed by atoms with Gasteiger partial charge in [0.05, 0.1) is 0 Å². The highest BCUT2D eigenvalue weighted by molar-refractivity contribution is 6.11. The van der Waals surface area contributed by atoms with Crippen LogP contribution in [0.25, 0.3) is 55.6 Å². The van der Waals surface area contributed by atoms with Gasteiger partial charge in [0.1, 0.15) is 0 Å². The Bertz CT molecular complexity index is 1600. The third-order valence-corrected chi connectivity index (χ3v) is 6.25. The van der Waals surface area contributed by atoms with Gasteiger partial charge in [0.25, 0.3) is 0 Å². The van der Waals surface area contributed by atoms with Gasteiger partial charge in [-0.25, -0.2) is 0 Å². The molecular weight excluding hydrogens is 384 g/mol. The average molecular weight is 407 g/mol. The van der Waals surface area contributed by atoms with Crippen LogP contribution < -0.4 is 0 Å². The van der Waals surface area contributed by atoms with Gasteiger partial charge in [0, 0.05) is 0 Å². The summed E-state index contributed by atoms with van der Waals surface area (Å²) in [6.45, 7) is 0. The van der Waals surface area contributed by atoms with Gasteiger partial charge in [-0.05, 0) is 66.7 Å². The van der Waals surface area contributed by atoms with Crippen molar-refractivity contribution < 1.29 is 0 Å². The molecule has 0 bridgehead atoms. The van der Waals surface area contributed by atoms with Gasteiger partial charge >= 0.3 is 0 Å². The van der Waals surface area contributed by atoms with E-state index in [2.05, 4.69) is 133 Å². The Hall–Kier alpha value is -4.16. The minimum atomic E-state index is 1.21. The third kappa shape index (κ3) is 3.27. The summed E-state index contributed by atoms with van der Waals surface area (Å²) in [6.07, 6.45) is 4.48. The molecule has 0 heterocycles. The van der Waals surface area contributed by atoms with E-state index in [9.17, 15) is 0 Å². The number of hydrogen-bond acceptors (Lipinski definition) is 0. The van der Waals surface area contributed by atoms with Crippen LogP contribution in [0.1, 0.15) is 11.1 Å². The molecule has 6 aromatic rings. The minimum absolute atomic E-state index is 1.21. The lowest BCUT2D eigenvalue weighted by atomic mass is 9.95. The summed E-state index contributed by atoms with van der Waals surface area (Å²) in [5.74, 6) is 0. The molecule has 0 radical (unpaired) electrons. The maximum atomic E-state index is 2.30. The van der Waals surface area contributed by atoms with Crippen LogP contribution >= 0.6 is 0 Å². The first kappa shape index (κ1) is 18.6. The molecular formula is C32H22. The molecule has 6 aromatic carbocycles. The summed E-state index contributed by atoms with van der Waals surface area (Å²) in [4.78, 5) is 0. The highest BCUT2D eigenvalue weighted by Crippen LogP contribution is 2.32. The quantitative estimate of drug-likeness (QED) is 0.203. The Morgan fingerprint density at radius 2 is 1.12 bits per heavy atom. The van der Waals surface area contributed by atoms with Gasteiger partial charge in [-0.15, -0.1) is 0 Å². The molecule has 0 nitrogen and oxygen atoms in total. The predicted octanol–water partition coefficient (Wildman–Crippen LogP) is 8.98. The molecule has 0 unspecified atom stereocenters. The Kier molecular flexibility index (Phi) is 4.55. The molecule has 0 N–H and O–H groups in total. The largest absolute Gasteiger partial charge is 0.0622 e. The van der Waals surface area contributed by atoms with Crippen molar-refractivity contribution in [3.05, 3.63) is 132 Å². The number of benzene rings is 6. The van der Waals surface area contributed by atoms with E-state index in [1.165, 1.54) is 54.6 Å². The molecule has 32 heavy (non-hydrogen) atoms. The summed E-state index contributed by atoms with van der Waals surface area (Å²) >= 11 is 0. The highest BCUT2D eigenvalue weighted by Gasteiger charge is 2.06. The van der Waals surface area contributed by atoms with Crippen molar-refractivity contribution in [3.8, 4) is 11.1 Å². The van der Waals surface area contributed by atoms with Crippen LogP contribution in [0.4, 0.5) is 0 Å². The van der Waals surface area contributed by atoms with Crippen LogP contribution in [0.15, 0.2) is 121 Å². The highest BCUT2D eigenvalue weighted by atomic mass is 14.1. The Morgan fingerprint density at radius 1 is 0.406 bits per heavy atom. The van der Waals surface area contributed by atoms with E-state index in [4.69, 9.17) is 0 Å². The lowest BCUT2D eigenvalue weighted by molar-refractivity contribution is 1.64. The second-order valence-electron chi connectivity index (χ2n) is 8.22. The van der Waals surface area contributed by atoms with Gasteiger partial charge in [-0.2, -0.15) is 0 Å². The van der Waals surface area contributed by atoms with Gasteiger partial charge in [0.2, 0.25) is 0 Å². The molecule has 6 rings (SSSR count). The molecule has 0 aliphatic carbocycles. The van der Waals surface area contributed by atoms with Crippen molar-refractivity contribution in [2.75, 3.05) is 0 Å². The zero-order valence-corrected chi connectivity index (χ0v) is 17.7. The minimum Gasteiger partial charge on any atom is -0.0622 e. The number of hydrogen-bond donors (Lipinski definition) is 0. The van der Waals surface area contributed by atoms with Crippen LogP contribution in [0.2, 0.25) is 0 Å². The van der Waals surface area contributed by atoms with Crippen LogP contribution in [-0.2, 0) is 0 Å². The third-order valence-electron chi connectivity index (χ3n) is 6.25. The summed E-state index contributed by atoms with van der Waals surface area (Å²) < 4.78 is 0. The molecule has 0 aromatic heterocycles. The standard InChI is InChI=1S/C32H22/c1-2-9-24(10-3-1)28-16-8-12-25-19-17-23(21-32(25)28)18-20-27-22-26-11-4-5-13-29(26)31-15-7-6-14-30(27)31/h1-22H. The molecule has 0 amide bonds. The fourth-order valence-electron chi connectivity index (χ4n) is 4.67. The molecule has 0 aliphatic rings. The van der Waals surface area contributed by atoms with E-state index < -0.39 is 0 Å². The maximum absolute atomic E-state index is 2.30. The second kappa shape index (κ2) is 7.83. The second-order valence-corrected chi connectivity index (χ2v) is 8.22. The zero-order chi connectivity index (χ0) is 21.3. The normalized spacial score (nSPS) is 11.6. The van der Waals surface area contributed by atoms with Gasteiger partial charge in [0.15, 0.2) is 0 Å². The van der Waals surface area contributed by atoms with Crippen molar-refractivity contribution in [2.45, 2.75) is 0 Å². The zero-order valence-electron chi connectivity index (χ0n) is 17.7. The van der Waals surface area contributed by atoms with E-state index in [-0.39, 0.29) is 0 Å². The first-order valence-corrected chi connectivity index (χ1v) is 11.0. The van der Waals surface area contributed by atoms with Gasteiger partial charge in [-0.1, -0.05) is 121 Å². The smallest absolute Gasteiger partial charge is 0.00994 e. The van der Waals surface area contributed by atoms with Crippen molar-refractivity contribution in [1.29, 1.82) is 0 Å². The summed E-state index contributed by atoms with van der Waals surface area (Å²) in [6, 6.07) is 43.5. The molecule has 0 spiro atoms. The molecule has 150 valence electrons. The fourth-order valence-corrected chi connectivity index (χ4v) is 4.67. The summed E-state index contributed by atoms with van der Waals surface area (Å²) in [7, 11) is 0. The van der Waals surface area contributed by atoms with Crippen molar-refractivity contribution in [3.63, 3.8) is 0 Å². The Labute approximate surface area is 188 Å². The first-order chi connectivity index (χ1) is 15.9. The molecule has 0 saturated carbocycles. The lowest BCUT2D eigenvalue weighted by Gasteiger charge is -2.09. The topological polar surface area (TPSA) is 0 Å². The lowest BCUT2D eigenvalue weighted by Crippen LogP contribution is -1.84. The van der Waals surface area contributed by atoms with Crippen LogP contribution in [0, 0.1) is 0 Å². The fraction of sp³-hybridized carbons (Fsp3) is 0. The molecule has 0 aliphatic heterocycles. The molecule has 0 fully saturated rings. The molecule has 0 atom stereocenters. The first-order valence-electron chi connectivity index (χ1n) is 11.0. The van der Waals surface area contributed by atoms with E-state index in [0.29, 0.717) is 0 Å². The average Bonchev–Trinajstić information content (AvgIpc) is 2.87. The summed E-state index contributed by atoms with van der Waals surface area (Å²) in [5, 5.41) is 7.71. The van der Waals surface area contributed by atoms with Crippen molar-refractivity contribution in [2.24, 2.45) is 0 Å². The van der Waals surface area contributed by atoms with Crippen LogP contribution in [0.5, 0.6) is 0 Å². The van der Waals surface area contributed by atoms with E-state index in [1.54, 1.807) is 0 Å². The van der Waals surface area contributed by atoms with Crippen LogP contribution in [-0.4, -0.2) is 0 Å². The Morgan fingerprint density at radius 3 is 2.00 bits per heavy atom. The predicted molar refractivity (Wildman–Crippen MR) is 140 cm³/mol. The molecule has 0 saturated heterocycles. The van der Waals surface area contributed by atoms with E-state index in [1.807, 2.05) is 0 Å². The van der Waals surface area contributed by atoms with Crippen molar-refractivity contribution >= 4 is 44.5 Å². The van der Waals surface area contributed by atoms with Crippen LogP contribution in [0.3, 0.4) is 0 Å². The summed E-state index contributed by atoms with van der Waals surface area (Å²) in [5.41, 5.74) is 4.98. The number of fused-ring (bicyclic) bond motifs is 4. The van der Waals surface area contributed by atoms with E-state index >= 15 is 0 Å². The molecule has 0 heteroatoms. The monoisotopic (exact) mass is 406 g/mol. The van der Waals surface area contributed by atoms with Gasteiger partial charge < -0.3 is 0 Å². The maximum Gasteiger partial charge on any atom is -0.00994 e. The number of rotatable bonds is 3. The van der Waals surface area contributed by atoms with Gasteiger partial charge in [-0.3, -0.25) is 0 Å². The SMILES string of the molecule is C(=Cc1cc2ccccc2c2ccccc12)c1ccc2cccc(-c3ccccc3)c2c1. The Balaban J connectivity index is 1.48. The van der Waals surface area contributed by atoms with E-state index in [0.717, 1.165) is 0 Å². The van der Waals surface area contributed by atoms with Crippen molar-refractivity contribution in [1.82, 2.24) is 0 Å².